The van der Waals surface area contributed by atoms with E-state index >= 15 is 0 Å². The van der Waals surface area contributed by atoms with Crippen molar-refractivity contribution in [1.29, 1.82) is 0 Å². The second kappa shape index (κ2) is 9.07. The molecule has 1 aliphatic rings. The highest BCUT2D eigenvalue weighted by molar-refractivity contribution is 7.80. The first-order chi connectivity index (χ1) is 16.5. The van der Waals surface area contributed by atoms with Gasteiger partial charge in [0.2, 0.25) is 5.91 Å². The van der Waals surface area contributed by atoms with Gasteiger partial charge in [-0.25, -0.2) is 4.39 Å². The van der Waals surface area contributed by atoms with Gasteiger partial charge in [-0.2, -0.15) is 0 Å². The van der Waals surface area contributed by atoms with Crippen LogP contribution >= 0.6 is 12.2 Å². The number of carbonyl (C=O) groups excluding carboxylic acids is 1. The highest BCUT2D eigenvalue weighted by atomic mass is 32.1. The number of halogens is 1. The van der Waals surface area contributed by atoms with Crippen LogP contribution in [0.15, 0.2) is 91.3 Å². The SMILES string of the molecule is CC(=O)Nc1ccc(N2C(=S)NC(c3ccccn3)C2c2cccn2-c2cccc(F)c2)cc1. The number of rotatable bonds is 5. The van der Waals surface area contributed by atoms with Crippen LogP contribution < -0.4 is 15.5 Å². The van der Waals surface area contributed by atoms with E-state index in [0.29, 0.717) is 10.8 Å². The van der Waals surface area contributed by atoms with Crippen LogP contribution in [0.1, 0.15) is 30.4 Å². The van der Waals surface area contributed by atoms with E-state index in [1.807, 2.05) is 76.3 Å². The molecule has 2 aromatic carbocycles. The summed E-state index contributed by atoms with van der Waals surface area (Å²) in [5.74, 6) is -0.434. The minimum Gasteiger partial charge on any atom is -0.351 e. The molecule has 0 saturated carbocycles. The topological polar surface area (TPSA) is 62.2 Å². The summed E-state index contributed by atoms with van der Waals surface area (Å²) >= 11 is 5.78. The molecule has 34 heavy (non-hydrogen) atoms. The minimum atomic E-state index is -0.302. The predicted octanol–water partition coefficient (Wildman–Crippen LogP) is 5.15. The third-order valence-corrected chi connectivity index (χ3v) is 6.05. The smallest absolute Gasteiger partial charge is 0.221 e. The van der Waals surface area contributed by atoms with E-state index < -0.39 is 0 Å². The lowest BCUT2D eigenvalue weighted by atomic mass is 10.0. The van der Waals surface area contributed by atoms with Crippen molar-refractivity contribution in [2.24, 2.45) is 0 Å². The van der Waals surface area contributed by atoms with Gasteiger partial charge in [-0.15, -0.1) is 0 Å². The number of benzene rings is 2. The number of anilines is 2. The number of hydrogen-bond donors (Lipinski definition) is 2. The van der Waals surface area contributed by atoms with Crippen molar-refractivity contribution in [2.75, 3.05) is 10.2 Å². The molecule has 8 heteroatoms. The first-order valence-electron chi connectivity index (χ1n) is 10.8. The number of amides is 1. The average molecular weight is 472 g/mol. The monoisotopic (exact) mass is 471 g/mol. The summed E-state index contributed by atoms with van der Waals surface area (Å²) in [7, 11) is 0. The van der Waals surface area contributed by atoms with Crippen molar-refractivity contribution in [3.05, 3.63) is 108 Å². The maximum atomic E-state index is 14.0. The van der Waals surface area contributed by atoms with Gasteiger partial charge < -0.3 is 20.1 Å². The molecular weight excluding hydrogens is 449 g/mol. The van der Waals surface area contributed by atoms with Crippen LogP contribution in [0, 0.1) is 5.82 Å². The molecule has 1 aliphatic heterocycles. The molecule has 170 valence electrons. The first kappa shape index (κ1) is 21.8. The molecule has 0 radical (unpaired) electrons. The Labute approximate surface area is 202 Å². The Hall–Kier alpha value is -4.04. The van der Waals surface area contributed by atoms with E-state index in [-0.39, 0.29) is 23.8 Å². The zero-order valence-electron chi connectivity index (χ0n) is 18.4. The van der Waals surface area contributed by atoms with Gasteiger partial charge in [0.1, 0.15) is 11.9 Å². The molecule has 2 N–H and O–H groups in total. The Balaban J connectivity index is 1.62. The van der Waals surface area contributed by atoms with Crippen molar-refractivity contribution >= 4 is 34.6 Å². The molecule has 3 heterocycles. The molecular formula is C26H22FN5OS. The Bertz CT molecular complexity index is 1340. The number of aromatic nitrogens is 2. The van der Waals surface area contributed by atoms with E-state index in [1.54, 1.807) is 12.3 Å². The summed E-state index contributed by atoms with van der Waals surface area (Å²) in [6, 6.07) is 23.3. The second-order valence-corrected chi connectivity index (χ2v) is 8.39. The van der Waals surface area contributed by atoms with E-state index in [9.17, 15) is 9.18 Å². The molecule has 1 fully saturated rings. The third-order valence-electron chi connectivity index (χ3n) is 5.73. The molecule has 2 unspecified atom stereocenters. The number of hydrogen-bond acceptors (Lipinski definition) is 3. The molecule has 5 rings (SSSR count). The zero-order valence-corrected chi connectivity index (χ0v) is 19.2. The molecule has 0 spiro atoms. The van der Waals surface area contributed by atoms with Crippen LogP contribution in [0.25, 0.3) is 5.69 Å². The van der Waals surface area contributed by atoms with Gasteiger partial charge in [-0.3, -0.25) is 9.78 Å². The lowest BCUT2D eigenvalue weighted by Crippen LogP contribution is -2.30. The Kier molecular flexibility index (Phi) is 5.81. The van der Waals surface area contributed by atoms with Crippen LogP contribution in [0.3, 0.4) is 0 Å². The number of nitrogens with one attached hydrogen (secondary N) is 2. The molecule has 6 nitrogen and oxygen atoms in total. The summed E-state index contributed by atoms with van der Waals surface area (Å²) < 4.78 is 16.0. The van der Waals surface area contributed by atoms with Gasteiger partial charge in [-0.1, -0.05) is 12.1 Å². The van der Waals surface area contributed by atoms with Crippen molar-refractivity contribution < 1.29 is 9.18 Å². The average Bonchev–Trinajstić information content (AvgIpc) is 3.44. The molecule has 0 bridgehead atoms. The van der Waals surface area contributed by atoms with Crippen molar-refractivity contribution in [3.63, 3.8) is 0 Å². The van der Waals surface area contributed by atoms with Gasteiger partial charge in [0.25, 0.3) is 0 Å². The third kappa shape index (κ3) is 4.15. The molecule has 2 atom stereocenters. The summed E-state index contributed by atoms with van der Waals surface area (Å²) in [5, 5.41) is 6.77. The van der Waals surface area contributed by atoms with E-state index in [1.165, 1.54) is 19.1 Å². The molecule has 0 aliphatic carbocycles. The van der Waals surface area contributed by atoms with Crippen molar-refractivity contribution in [3.8, 4) is 5.69 Å². The highest BCUT2D eigenvalue weighted by Crippen LogP contribution is 2.42. The second-order valence-electron chi connectivity index (χ2n) is 8.01. The summed E-state index contributed by atoms with van der Waals surface area (Å²) in [6.07, 6.45) is 3.67. The molecule has 2 aromatic heterocycles. The fourth-order valence-electron chi connectivity index (χ4n) is 4.34. The fraction of sp³-hybridized carbons (Fsp3) is 0.115. The first-order valence-corrected chi connectivity index (χ1v) is 11.2. The maximum Gasteiger partial charge on any atom is 0.221 e. The van der Waals surface area contributed by atoms with E-state index in [0.717, 1.165) is 22.8 Å². The number of nitrogens with zero attached hydrogens (tertiary/aromatic N) is 3. The Morgan fingerprint density at radius 2 is 1.85 bits per heavy atom. The van der Waals surface area contributed by atoms with Crippen LogP contribution in [0.5, 0.6) is 0 Å². The van der Waals surface area contributed by atoms with E-state index in [4.69, 9.17) is 12.2 Å². The van der Waals surface area contributed by atoms with Gasteiger partial charge in [-0.05, 0) is 78.9 Å². The highest BCUT2D eigenvalue weighted by Gasteiger charge is 2.42. The maximum absolute atomic E-state index is 14.0. The lowest BCUT2D eigenvalue weighted by Gasteiger charge is -2.29. The molecule has 4 aromatic rings. The van der Waals surface area contributed by atoms with Crippen LogP contribution in [-0.2, 0) is 4.79 Å². The Morgan fingerprint density at radius 3 is 2.56 bits per heavy atom. The van der Waals surface area contributed by atoms with Gasteiger partial charge in [0, 0.05) is 42.1 Å². The zero-order chi connectivity index (χ0) is 23.7. The van der Waals surface area contributed by atoms with Gasteiger partial charge in [0.05, 0.1) is 11.7 Å². The van der Waals surface area contributed by atoms with Crippen LogP contribution in [-0.4, -0.2) is 20.6 Å². The minimum absolute atomic E-state index is 0.132. The summed E-state index contributed by atoms with van der Waals surface area (Å²) in [5.41, 5.74) is 4.06. The van der Waals surface area contributed by atoms with E-state index in [2.05, 4.69) is 15.6 Å². The fourth-order valence-corrected chi connectivity index (χ4v) is 4.68. The Morgan fingerprint density at radius 1 is 1.03 bits per heavy atom. The number of thiocarbonyl (C=S) groups is 1. The van der Waals surface area contributed by atoms with Gasteiger partial charge >= 0.3 is 0 Å². The van der Waals surface area contributed by atoms with Crippen LogP contribution in [0.4, 0.5) is 15.8 Å². The largest absolute Gasteiger partial charge is 0.351 e. The van der Waals surface area contributed by atoms with Gasteiger partial charge in [0.15, 0.2) is 5.11 Å². The summed E-state index contributed by atoms with van der Waals surface area (Å²) in [6.45, 7) is 1.47. The number of pyridine rings is 1. The van der Waals surface area contributed by atoms with Crippen molar-refractivity contribution in [1.82, 2.24) is 14.9 Å². The quantitative estimate of drug-likeness (QED) is 0.395. The normalized spacial score (nSPS) is 17.5. The summed E-state index contributed by atoms with van der Waals surface area (Å²) in [4.78, 5) is 18.0. The lowest BCUT2D eigenvalue weighted by molar-refractivity contribution is -0.114. The standard InChI is InChI=1S/C26H22FN5OS/c1-17(33)29-19-10-12-20(13-11-19)32-25(24(30-26(32)34)22-8-2-3-14-28-22)23-9-5-15-31(23)21-7-4-6-18(27)16-21/h2-16,24-25H,1H3,(H,29,33)(H,30,34). The number of carbonyl (C=O) groups is 1. The molecule has 1 saturated heterocycles. The molecule has 1 amide bonds. The van der Waals surface area contributed by atoms with Crippen LogP contribution in [0.2, 0.25) is 0 Å². The predicted molar refractivity (Wildman–Crippen MR) is 134 cm³/mol. The van der Waals surface area contributed by atoms with Crippen molar-refractivity contribution in [2.45, 2.75) is 19.0 Å².